The summed E-state index contributed by atoms with van der Waals surface area (Å²) in [5.74, 6) is -0.590. The van der Waals surface area contributed by atoms with Crippen LogP contribution in [0.15, 0.2) is 46.7 Å². The highest BCUT2D eigenvalue weighted by Gasteiger charge is 2.28. The zero-order valence-corrected chi connectivity index (χ0v) is 17.0. The van der Waals surface area contributed by atoms with Crippen molar-refractivity contribution in [3.05, 3.63) is 47.3 Å². The number of benzene rings is 1. The van der Waals surface area contributed by atoms with Crippen LogP contribution in [-0.2, 0) is 10.0 Å². The maximum absolute atomic E-state index is 13.0. The van der Waals surface area contributed by atoms with Crippen molar-refractivity contribution < 1.29 is 18.3 Å². The van der Waals surface area contributed by atoms with Gasteiger partial charge in [0.15, 0.2) is 0 Å². The molecule has 4 rings (SSSR count). The highest BCUT2D eigenvalue weighted by atomic mass is 32.2. The van der Waals surface area contributed by atoms with E-state index < -0.39 is 16.0 Å². The molecular formula is C20H20N2O4S2. The van der Waals surface area contributed by atoms with Crippen LogP contribution in [-0.4, -0.2) is 41.9 Å². The number of carboxylic acids is 1. The van der Waals surface area contributed by atoms with Crippen molar-refractivity contribution in [3.8, 4) is 10.6 Å². The van der Waals surface area contributed by atoms with Crippen molar-refractivity contribution in [1.82, 2.24) is 9.29 Å². The highest BCUT2D eigenvalue weighted by molar-refractivity contribution is 7.89. The summed E-state index contributed by atoms with van der Waals surface area (Å²) in [6.07, 6.45) is 1.66. The first-order valence-corrected chi connectivity index (χ1v) is 11.4. The molecule has 3 heterocycles. The number of rotatable bonds is 4. The average molecular weight is 417 g/mol. The van der Waals surface area contributed by atoms with E-state index in [2.05, 4.69) is 11.9 Å². The zero-order chi connectivity index (χ0) is 19.9. The molecule has 1 aliphatic heterocycles. The molecule has 1 fully saturated rings. The lowest BCUT2D eigenvalue weighted by atomic mass is 10.0. The second-order valence-electron chi connectivity index (χ2n) is 7.10. The van der Waals surface area contributed by atoms with Gasteiger partial charge in [-0.3, -0.25) is 0 Å². The first-order chi connectivity index (χ1) is 13.4. The molecule has 0 amide bonds. The molecule has 1 N–H and O–H groups in total. The number of aromatic carboxylic acids is 1. The fraction of sp³-hybridized carbons (Fsp3) is 0.300. The number of hydrogen-bond donors (Lipinski definition) is 1. The summed E-state index contributed by atoms with van der Waals surface area (Å²) in [6.45, 7) is 3.10. The lowest BCUT2D eigenvalue weighted by molar-refractivity contribution is 0.0699. The molecule has 0 radical (unpaired) electrons. The van der Waals surface area contributed by atoms with Gasteiger partial charge in [-0.15, -0.1) is 11.3 Å². The van der Waals surface area contributed by atoms with Crippen LogP contribution in [0.5, 0.6) is 0 Å². The van der Waals surface area contributed by atoms with E-state index in [1.165, 1.54) is 33.8 Å². The Hall–Kier alpha value is -2.29. The van der Waals surface area contributed by atoms with Crippen LogP contribution in [0.1, 0.15) is 30.1 Å². The van der Waals surface area contributed by atoms with Gasteiger partial charge in [-0.25, -0.2) is 18.2 Å². The number of hydrogen-bond acceptors (Lipinski definition) is 5. The number of sulfonamides is 1. The first-order valence-electron chi connectivity index (χ1n) is 9.08. The molecule has 1 aliphatic rings. The van der Waals surface area contributed by atoms with Gasteiger partial charge in [0.05, 0.1) is 26.5 Å². The quantitative estimate of drug-likeness (QED) is 0.692. The van der Waals surface area contributed by atoms with E-state index in [1.807, 2.05) is 17.5 Å². The smallest absolute Gasteiger partial charge is 0.336 e. The standard InChI is InChI=1S/C20H20N2O4S2/c1-13-6-8-22(9-7-13)28(25,26)14-4-5-17-15(11-14)16(20(23)24)12-18(21-17)19-3-2-10-27-19/h2-5,10-13H,6-9H2,1H3,(H,23,24). The molecule has 0 unspecified atom stereocenters. The van der Waals surface area contributed by atoms with Crippen LogP contribution >= 0.6 is 11.3 Å². The Morgan fingerprint density at radius 2 is 1.96 bits per heavy atom. The van der Waals surface area contributed by atoms with Crippen molar-refractivity contribution in [2.75, 3.05) is 13.1 Å². The number of aromatic nitrogens is 1. The van der Waals surface area contributed by atoms with Gasteiger partial charge < -0.3 is 5.11 Å². The van der Waals surface area contributed by atoms with E-state index in [0.717, 1.165) is 17.7 Å². The number of pyridine rings is 1. The normalized spacial score (nSPS) is 16.5. The Bertz CT molecular complexity index is 1130. The third kappa shape index (κ3) is 3.43. The molecule has 0 spiro atoms. The topological polar surface area (TPSA) is 87.6 Å². The Kier molecular flexibility index (Phi) is 4.95. The molecular weight excluding hydrogens is 396 g/mol. The molecule has 8 heteroatoms. The van der Waals surface area contributed by atoms with E-state index in [9.17, 15) is 18.3 Å². The summed E-state index contributed by atoms with van der Waals surface area (Å²) in [7, 11) is -3.66. The minimum atomic E-state index is -3.66. The predicted molar refractivity (Wildman–Crippen MR) is 109 cm³/mol. The SMILES string of the molecule is CC1CCN(S(=O)(=O)c2ccc3nc(-c4cccs4)cc(C(=O)O)c3c2)CC1. The second-order valence-corrected chi connectivity index (χ2v) is 9.99. The lowest BCUT2D eigenvalue weighted by Gasteiger charge is -2.29. The summed E-state index contributed by atoms with van der Waals surface area (Å²) in [5.41, 5.74) is 1.09. The van der Waals surface area contributed by atoms with Gasteiger partial charge in [0.2, 0.25) is 10.0 Å². The molecule has 0 atom stereocenters. The Morgan fingerprint density at radius 3 is 2.61 bits per heavy atom. The molecule has 1 aromatic carbocycles. The van der Waals surface area contributed by atoms with Crippen molar-refractivity contribution in [2.45, 2.75) is 24.7 Å². The highest BCUT2D eigenvalue weighted by Crippen LogP contribution is 2.31. The summed E-state index contributed by atoms with van der Waals surface area (Å²) in [6, 6.07) is 9.82. The average Bonchev–Trinajstić information content (AvgIpc) is 3.21. The third-order valence-corrected chi connectivity index (χ3v) is 7.95. The van der Waals surface area contributed by atoms with Crippen LogP contribution in [0.3, 0.4) is 0 Å². The van der Waals surface area contributed by atoms with E-state index >= 15 is 0 Å². The van der Waals surface area contributed by atoms with Crippen LogP contribution in [0.25, 0.3) is 21.5 Å². The predicted octanol–water partition coefficient (Wildman–Crippen LogP) is 4.08. The van der Waals surface area contributed by atoms with E-state index in [4.69, 9.17) is 0 Å². The fourth-order valence-corrected chi connectivity index (χ4v) is 5.65. The number of piperidine rings is 1. The Morgan fingerprint density at radius 1 is 1.21 bits per heavy atom. The molecule has 0 aliphatic carbocycles. The molecule has 146 valence electrons. The number of thiophene rings is 1. The van der Waals surface area contributed by atoms with Crippen molar-refractivity contribution >= 4 is 38.2 Å². The maximum atomic E-state index is 13.0. The van der Waals surface area contributed by atoms with Crippen LogP contribution in [0.2, 0.25) is 0 Å². The number of carbonyl (C=O) groups is 1. The van der Waals surface area contributed by atoms with Crippen molar-refractivity contribution in [3.63, 3.8) is 0 Å². The van der Waals surface area contributed by atoms with E-state index in [1.54, 1.807) is 6.07 Å². The van der Waals surface area contributed by atoms with Crippen LogP contribution in [0.4, 0.5) is 0 Å². The summed E-state index contributed by atoms with van der Waals surface area (Å²) in [4.78, 5) is 17.4. The summed E-state index contributed by atoms with van der Waals surface area (Å²) < 4.78 is 27.6. The molecule has 6 nitrogen and oxygen atoms in total. The number of nitrogens with zero attached hydrogens (tertiary/aromatic N) is 2. The third-order valence-electron chi connectivity index (χ3n) is 5.16. The lowest BCUT2D eigenvalue weighted by Crippen LogP contribution is -2.37. The molecule has 28 heavy (non-hydrogen) atoms. The molecule has 0 bridgehead atoms. The molecule has 0 saturated carbocycles. The first kappa shape index (κ1) is 19.0. The van der Waals surface area contributed by atoms with Crippen molar-refractivity contribution in [2.24, 2.45) is 5.92 Å². The van der Waals surface area contributed by atoms with E-state index in [-0.39, 0.29) is 10.5 Å². The van der Waals surface area contributed by atoms with Crippen LogP contribution in [0, 0.1) is 5.92 Å². The minimum absolute atomic E-state index is 0.0534. The van der Waals surface area contributed by atoms with Gasteiger partial charge in [-0.05, 0) is 54.5 Å². The maximum Gasteiger partial charge on any atom is 0.336 e. The van der Waals surface area contributed by atoms with Gasteiger partial charge in [0.25, 0.3) is 0 Å². The molecule has 2 aromatic heterocycles. The number of carboxylic acid groups (broad SMARTS) is 1. The van der Waals surface area contributed by atoms with Gasteiger partial charge in [-0.2, -0.15) is 4.31 Å². The Balaban J connectivity index is 1.81. The van der Waals surface area contributed by atoms with Gasteiger partial charge >= 0.3 is 5.97 Å². The monoisotopic (exact) mass is 416 g/mol. The zero-order valence-electron chi connectivity index (χ0n) is 15.3. The summed E-state index contributed by atoms with van der Waals surface area (Å²) >= 11 is 1.47. The van der Waals surface area contributed by atoms with Gasteiger partial charge in [0, 0.05) is 18.5 Å². The largest absolute Gasteiger partial charge is 0.478 e. The van der Waals surface area contributed by atoms with Gasteiger partial charge in [-0.1, -0.05) is 13.0 Å². The van der Waals surface area contributed by atoms with Crippen LogP contribution < -0.4 is 0 Å². The molecule has 3 aromatic rings. The minimum Gasteiger partial charge on any atom is -0.478 e. The van der Waals surface area contributed by atoms with Crippen molar-refractivity contribution in [1.29, 1.82) is 0 Å². The fourth-order valence-electron chi connectivity index (χ4n) is 3.47. The molecule has 1 saturated heterocycles. The number of fused-ring (bicyclic) bond motifs is 1. The second kappa shape index (κ2) is 7.27. The van der Waals surface area contributed by atoms with E-state index in [0.29, 0.717) is 35.6 Å². The summed E-state index contributed by atoms with van der Waals surface area (Å²) in [5, 5.41) is 11.9. The Labute approximate surface area is 167 Å². The van der Waals surface area contributed by atoms with Gasteiger partial charge in [0.1, 0.15) is 0 Å².